The van der Waals surface area contributed by atoms with E-state index in [-0.39, 0.29) is 11.8 Å². The second-order valence-corrected chi connectivity index (χ2v) is 3.48. The summed E-state index contributed by atoms with van der Waals surface area (Å²) in [7, 11) is 1.71. The fourth-order valence-electron chi connectivity index (χ4n) is 1.75. The van der Waals surface area contributed by atoms with Crippen molar-refractivity contribution in [3.05, 3.63) is 0 Å². The molecule has 1 rings (SSSR count). The van der Waals surface area contributed by atoms with Gasteiger partial charge in [0, 0.05) is 13.6 Å². The fraction of sp³-hybridized carbons (Fsp3) is 0.889. The molecule has 2 N–H and O–H groups in total. The van der Waals surface area contributed by atoms with Gasteiger partial charge in [-0.2, -0.15) is 0 Å². The smallest absolute Gasteiger partial charge is 0.224 e. The first-order chi connectivity index (χ1) is 5.77. The Labute approximate surface area is 73.9 Å². The van der Waals surface area contributed by atoms with Crippen molar-refractivity contribution in [3.63, 3.8) is 0 Å². The molecule has 0 aliphatic carbocycles. The van der Waals surface area contributed by atoms with Crippen molar-refractivity contribution in [2.45, 2.75) is 19.8 Å². The van der Waals surface area contributed by atoms with Gasteiger partial charge in [-0.1, -0.05) is 13.3 Å². The van der Waals surface area contributed by atoms with Crippen LogP contribution in [0.25, 0.3) is 0 Å². The Morgan fingerprint density at radius 3 is 2.92 bits per heavy atom. The molecule has 0 aromatic heterocycles. The van der Waals surface area contributed by atoms with Gasteiger partial charge in [0.1, 0.15) is 0 Å². The monoisotopic (exact) mass is 170 g/mol. The number of carbonyl (C=O) groups is 1. The molecule has 1 aliphatic heterocycles. The standard InChI is InChI=1S/C9H18N2O/c1-3-7-4-8(6-11-5-7)9(12)10-2/h7-8,11H,3-6H2,1-2H3,(H,10,12)/t7-,8+/m0/s1. The third-order valence-electron chi connectivity index (χ3n) is 2.64. The third kappa shape index (κ3) is 2.21. The lowest BCUT2D eigenvalue weighted by Gasteiger charge is -2.27. The van der Waals surface area contributed by atoms with E-state index in [4.69, 9.17) is 0 Å². The van der Waals surface area contributed by atoms with Gasteiger partial charge in [-0.15, -0.1) is 0 Å². The number of hydrogen-bond acceptors (Lipinski definition) is 2. The normalized spacial score (nSPS) is 29.8. The molecule has 1 aliphatic rings. The van der Waals surface area contributed by atoms with Crippen LogP contribution in [0.2, 0.25) is 0 Å². The average molecular weight is 170 g/mol. The maximum atomic E-state index is 11.3. The summed E-state index contributed by atoms with van der Waals surface area (Å²) in [6.07, 6.45) is 2.21. The SMILES string of the molecule is CC[C@@H]1CNC[C@H](C(=O)NC)C1. The van der Waals surface area contributed by atoms with Gasteiger partial charge in [0.15, 0.2) is 0 Å². The summed E-state index contributed by atoms with van der Waals surface area (Å²) < 4.78 is 0. The number of piperidine rings is 1. The summed E-state index contributed by atoms with van der Waals surface area (Å²) in [6.45, 7) is 4.10. The van der Waals surface area contributed by atoms with Crippen LogP contribution in [0.15, 0.2) is 0 Å². The molecular formula is C9H18N2O. The molecule has 0 radical (unpaired) electrons. The van der Waals surface area contributed by atoms with Gasteiger partial charge in [0.25, 0.3) is 0 Å². The molecule has 2 atom stereocenters. The Morgan fingerprint density at radius 2 is 2.33 bits per heavy atom. The van der Waals surface area contributed by atoms with Crippen LogP contribution in [0, 0.1) is 11.8 Å². The summed E-state index contributed by atoms with van der Waals surface area (Å²) in [5, 5.41) is 5.99. The highest BCUT2D eigenvalue weighted by Crippen LogP contribution is 2.18. The van der Waals surface area contributed by atoms with Crippen molar-refractivity contribution in [2.24, 2.45) is 11.8 Å². The van der Waals surface area contributed by atoms with Crippen LogP contribution >= 0.6 is 0 Å². The lowest BCUT2D eigenvalue weighted by atomic mass is 9.88. The van der Waals surface area contributed by atoms with E-state index in [0.717, 1.165) is 19.5 Å². The number of carbonyl (C=O) groups excluding carboxylic acids is 1. The Balaban J connectivity index is 2.40. The number of hydrogen-bond donors (Lipinski definition) is 2. The minimum absolute atomic E-state index is 0.181. The van der Waals surface area contributed by atoms with E-state index in [2.05, 4.69) is 17.6 Å². The quantitative estimate of drug-likeness (QED) is 0.628. The van der Waals surface area contributed by atoms with Gasteiger partial charge in [0.2, 0.25) is 5.91 Å². The minimum atomic E-state index is 0.181. The molecule has 0 saturated carbocycles. The number of amides is 1. The van der Waals surface area contributed by atoms with E-state index in [1.54, 1.807) is 7.05 Å². The predicted octanol–water partition coefficient (Wildman–Crippen LogP) is 0.368. The highest BCUT2D eigenvalue weighted by atomic mass is 16.1. The first-order valence-electron chi connectivity index (χ1n) is 4.70. The lowest BCUT2D eigenvalue weighted by molar-refractivity contribution is -0.125. The molecule has 0 aromatic rings. The van der Waals surface area contributed by atoms with Crippen molar-refractivity contribution in [1.29, 1.82) is 0 Å². The maximum Gasteiger partial charge on any atom is 0.224 e. The summed E-state index contributed by atoms with van der Waals surface area (Å²) in [6, 6.07) is 0. The summed E-state index contributed by atoms with van der Waals surface area (Å²) >= 11 is 0. The van der Waals surface area contributed by atoms with Crippen molar-refractivity contribution in [3.8, 4) is 0 Å². The maximum absolute atomic E-state index is 11.3. The molecule has 0 aromatic carbocycles. The van der Waals surface area contributed by atoms with Gasteiger partial charge in [-0.25, -0.2) is 0 Å². The Kier molecular flexibility index (Phi) is 3.53. The van der Waals surface area contributed by atoms with Crippen LogP contribution in [0.5, 0.6) is 0 Å². The zero-order valence-corrected chi connectivity index (χ0v) is 7.89. The van der Waals surface area contributed by atoms with Crippen molar-refractivity contribution < 1.29 is 4.79 Å². The van der Waals surface area contributed by atoms with E-state index in [1.165, 1.54) is 6.42 Å². The topological polar surface area (TPSA) is 41.1 Å². The Morgan fingerprint density at radius 1 is 1.58 bits per heavy atom. The Hall–Kier alpha value is -0.570. The largest absolute Gasteiger partial charge is 0.359 e. The lowest BCUT2D eigenvalue weighted by Crippen LogP contribution is -2.42. The molecule has 0 bridgehead atoms. The molecule has 1 amide bonds. The van der Waals surface area contributed by atoms with Crippen molar-refractivity contribution >= 4 is 5.91 Å². The first-order valence-corrected chi connectivity index (χ1v) is 4.70. The summed E-state index contributed by atoms with van der Waals surface area (Å²) in [5.41, 5.74) is 0. The molecular weight excluding hydrogens is 152 g/mol. The van der Waals surface area contributed by atoms with Crippen molar-refractivity contribution in [2.75, 3.05) is 20.1 Å². The minimum Gasteiger partial charge on any atom is -0.359 e. The molecule has 1 fully saturated rings. The summed E-state index contributed by atoms with van der Waals surface area (Å²) in [4.78, 5) is 11.3. The van der Waals surface area contributed by atoms with Gasteiger partial charge in [0.05, 0.1) is 5.92 Å². The number of nitrogens with one attached hydrogen (secondary N) is 2. The van der Waals surface area contributed by atoms with E-state index >= 15 is 0 Å². The van der Waals surface area contributed by atoms with E-state index < -0.39 is 0 Å². The second kappa shape index (κ2) is 4.45. The zero-order valence-electron chi connectivity index (χ0n) is 7.89. The van der Waals surface area contributed by atoms with Gasteiger partial charge >= 0.3 is 0 Å². The average Bonchev–Trinajstić information content (AvgIpc) is 2.17. The van der Waals surface area contributed by atoms with Gasteiger partial charge < -0.3 is 10.6 Å². The molecule has 1 saturated heterocycles. The summed E-state index contributed by atoms with van der Waals surface area (Å²) in [5.74, 6) is 1.05. The van der Waals surface area contributed by atoms with Crippen LogP contribution < -0.4 is 10.6 Å². The molecule has 3 heteroatoms. The first kappa shape index (κ1) is 9.52. The fourth-order valence-corrected chi connectivity index (χ4v) is 1.75. The van der Waals surface area contributed by atoms with Crippen LogP contribution in [0.3, 0.4) is 0 Å². The number of rotatable bonds is 2. The van der Waals surface area contributed by atoms with E-state index in [1.807, 2.05) is 0 Å². The molecule has 70 valence electrons. The molecule has 12 heavy (non-hydrogen) atoms. The van der Waals surface area contributed by atoms with Crippen LogP contribution in [-0.4, -0.2) is 26.0 Å². The predicted molar refractivity (Wildman–Crippen MR) is 48.8 cm³/mol. The van der Waals surface area contributed by atoms with Gasteiger partial charge in [-0.05, 0) is 18.9 Å². The van der Waals surface area contributed by atoms with E-state index in [9.17, 15) is 4.79 Å². The third-order valence-corrected chi connectivity index (χ3v) is 2.64. The molecule has 1 heterocycles. The van der Waals surface area contributed by atoms with Crippen LogP contribution in [0.4, 0.5) is 0 Å². The van der Waals surface area contributed by atoms with Crippen LogP contribution in [0.1, 0.15) is 19.8 Å². The van der Waals surface area contributed by atoms with Crippen molar-refractivity contribution in [1.82, 2.24) is 10.6 Å². The van der Waals surface area contributed by atoms with Gasteiger partial charge in [-0.3, -0.25) is 4.79 Å². The zero-order chi connectivity index (χ0) is 8.97. The molecule has 0 unspecified atom stereocenters. The molecule has 0 spiro atoms. The second-order valence-electron chi connectivity index (χ2n) is 3.48. The highest BCUT2D eigenvalue weighted by molar-refractivity contribution is 5.78. The van der Waals surface area contributed by atoms with Crippen LogP contribution in [-0.2, 0) is 4.79 Å². The molecule has 3 nitrogen and oxygen atoms in total. The Bertz CT molecular complexity index is 159. The highest BCUT2D eigenvalue weighted by Gasteiger charge is 2.24. The van der Waals surface area contributed by atoms with E-state index in [0.29, 0.717) is 5.92 Å².